The molecule has 2 aliphatic heterocycles. The zero-order valence-corrected chi connectivity index (χ0v) is 23.4. The molecular weight excluding hydrogens is 520 g/mol. The van der Waals surface area contributed by atoms with Gasteiger partial charge in [-0.25, -0.2) is 4.68 Å². The van der Waals surface area contributed by atoms with Crippen molar-refractivity contribution >= 4 is 23.0 Å². The molecule has 0 amide bonds. The zero-order chi connectivity index (χ0) is 26.8. The number of aromatic nitrogens is 2. The molecule has 3 heterocycles. The Balaban J connectivity index is 1.10. The van der Waals surface area contributed by atoms with E-state index in [0.29, 0.717) is 43.4 Å². The van der Waals surface area contributed by atoms with Gasteiger partial charge in [-0.15, -0.1) is 0 Å². The minimum absolute atomic E-state index is 0.0336. The predicted octanol–water partition coefficient (Wildman–Crippen LogP) is 4.01. The zero-order valence-electron chi connectivity index (χ0n) is 22.6. The quantitative estimate of drug-likeness (QED) is 0.494. The number of hydrogen-bond acceptors (Lipinski definition) is 8. The van der Waals surface area contributed by atoms with Crippen LogP contribution in [0.4, 0.5) is 11.4 Å². The Morgan fingerprint density at radius 2 is 1.92 bits per heavy atom. The fourth-order valence-electron chi connectivity index (χ4n) is 6.53. The Bertz CT molecular complexity index is 1160. The molecule has 2 saturated carbocycles. The number of benzene rings is 1. The molecule has 2 aliphatic carbocycles. The highest BCUT2D eigenvalue weighted by Gasteiger charge is 2.45. The predicted molar refractivity (Wildman–Crippen MR) is 150 cm³/mol. The van der Waals surface area contributed by atoms with Crippen LogP contribution < -0.4 is 20.5 Å². The Morgan fingerprint density at radius 3 is 2.67 bits per heavy atom. The third kappa shape index (κ3) is 6.06. The van der Waals surface area contributed by atoms with Crippen LogP contribution >= 0.6 is 11.6 Å². The van der Waals surface area contributed by atoms with Gasteiger partial charge in [-0.05, 0) is 68.2 Å². The fourth-order valence-corrected chi connectivity index (χ4v) is 6.73. The smallest absolute Gasteiger partial charge is 0.287 e. The van der Waals surface area contributed by atoms with E-state index in [9.17, 15) is 4.79 Å². The van der Waals surface area contributed by atoms with Crippen LogP contribution in [0.3, 0.4) is 0 Å². The average Bonchev–Trinajstić information content (AvgIpc) is 3.78. The van der Waals surface area contributed by atoms with Crippen molar-refractivity contribution in [3.05, 3.63) is 45.8 Å². The Labute approximate surface area is 234 Å². The van der Waals surface area contributed by atoms with E-state index in [4.69, 9.17) is 30.5 Å². The Hall–Kier alpha value is -2.33. The van der Waals surface area contributed by atoms with E-state index in [0.717, 1.165) is 69.3 Å². The van der Waals surface area contributed by atoms with Gasteiger partial charge in [-0.2, -0.15) is 5.10 Å². The second-order valence-electron chi connectivity index (χ2n) is 11.3. The maximum Gasteiger partial charge on any atom is 0.287 e. The number of nitrogens with one attached hydrogen (secondary N) is 1. The topological polar surface area (TPSA) is 87.1 Å². The first kappa shape index (κ1) is 26.9. The number of nitrogens with zero attached hydrogens (tertiary/aromatic N) is 3. The standard InChI is InChI=1S/C29H39ClN4O5/c1-36-24-8-6-22(7-9-24)33(15-25-18-37-10-11-39-25)21-2-4-23(5-3-21)34-29(35)28(30)27(14-32-34)31-13-20-17-38-16-19-12-26(19)20/h6-9,14,19-21,23,25-26,31H,2-5,10-13,15-18H2,1H3/t19-,20-,21?,23?,25+,26-/m1/s1. The molecule has 1 aromatic heterocycles. The van der Waals surface area contributed by atoms with Crippen molar-refractivity contribution in [3.63, 3.8) is 0 Å². The summed E-state index contributed by atoms with van der Waals surface area (Å²) in [5.41, 5.74) is 1.55. The number of hydrogen-bond donors (Lipinski definition) is 1. The number of ether oxygens (including phenoxy) is 4. The molecule has 9 nitrogen and oxygen atoms in total. The van der Waals surface area contributed by atoms with E-state index in [1.807, 2.05) is 12.1 Å². The van der Waals surface area contributed by atoms with Gasteiger partial charge in [0.05, 0.1) is 57.6 Å². The normalized spacial score (nSPS) is 30.3. The number of methoxy groups -OCH3 is 1. The minimum Gasteiger partial charge on any atom is -0.497 e. The molecule has 0 unspecified atom stereocenters. The van der Waals surface area contributed by atoms with Gasteiger partial charge < -0.3 is 29.2 Å². The molecular formula is C29H39ClN4O5. The van der Waals surface area contributed by atoms with Gasteiger partial charge in [0.2, 0.25) is 0 Å². The van der Waals surface area contributed by atoms with Crippen molar-refractivity contribution in [3.8, 4) is 5.75 Å². The summed E-state index contributed by atoms with van der Waals surface area (Å²) in [5.74, 6) is 2.76. The molecule has 1 N–H and O–H groups in total. The molecule has 0 bridgehead atoms. The number of anilines is 2. The maximum atomic E-state index is 13.2. The van der Waals surface area contributed by atoms with Crippen molar-refractivity contribution in [2.45, 2.75) is 50.3 Å². The van der Waals surface area contributed by atoms with Gasteiger partial charge in [0.15, 0.2) is 0 Å². The second kappa shape index (κ2) is 12.0. The lowest BCUT2D eigenvalue weighted by atomic mass is 9.89. The molecule has 10 heteroatoms. The van der Waals surface area contributed by atoms with Gasteiger partial charge in [0, 0.05) is 37.3 Å². The molecule has 2 aromatic rings. The van der Waals surface area contributed by atoms with Crippen LogP contribution in [0.1, 0.15) is 38.1 Å². The highest BCUT2D eigenvalue weighted by molar-refractivity contribution is 6.32. The summed E-state index contributed by atoms with van der Waals surface area (Å²) in [6, 6.07) is 8.57. The van der Waals surface area contributed by atoms with Crippen molar-refractivity contribution < 1.29 is 18.9 Å². The molecule has 4 aliphatic rings. The molecule has 0 radical (unpaired) electrons. The molecule has 4 fully saturated rings. The average molecular weight is 559 g/mol. The lowest BCUT2D eigenvalue weighted by Crippen LogP contribution is -2.46. The third-order valence-corrected chi connectivity index (χ3v) is 9.25. The van der Waals surface area contributed by atoms with Crippen LogP contribution in [-0.4, -0.2) is 75.2 Å². The molecule has 6 rings (SSSR count). The molecule has 2 saturated heterocycles. The van der Waals surface area contributed by atoms with E-state index < -0.39 is 0 Å². The first-order chi connectivity index (χ1) is 19.1. The summed E-state index contributed by atoms with van der Waals surface area (Å²) in [4.78, 5) is 15.7. The lowest BCUT2D eigenvalue weighted by Gasteiger charge is -2.40. The largest absolute Gasteiger partial charge is 0.497 e. The Kier molecular flexibility index (Phi) is 8.30. The highest BCUT2D eigenvalue weighted by atomic mass is 35.5. The molecule has 1 aromatic carbocycles. The fraction of sp³-hybridized carbons (Fsp3) is 0.655. The third-order valence-electron chi connectivity index (χ3n) is 8.89. The van der Waals surface area contributed by atoms with Crippen LogP contribution in [0.5, 0.6) is 5.75 Å². The first-order valence-corrected chi connectivity index (χ1v) is 14.7. The SMILES string of the molecule is COc1ccc(N(C[C@H]2COCCO2)C2CCC(n3ncc(NC[C@@H]4COC[C@H]5C[C@@H]45)c(Cl)c3=O)CC2)cc1. The van der Waals surface area contributed by atoms with E-state index in [1.165, 1.54) is 6.42 Å². The first-order valence-electron chi connectivity index (χ1n) is 14.3. The molecule has 0 spiro atoms. The minimum atomic E-state index is -0.214. The number of halogens is 1. The highest BCUT2D eigenvalue weighted by Crippen LogP contribution is 2.47. The van der Waals surface area contributed by atoms with Crippen molar-refractivity contribution in [1.82, 2.24) is 9.78 Å². The number of fused-ring (bicyclic) bond motifs is 1. The van der Waals surface area contributed by atoms with Crippen LogP contribution in [0.2, 0.25) is 5.02 Å². The van der Waals surface area contributed by atoms with E-state index in [2.05, 4.69) is 27.4 Å². The van der Waals surface area contributed by atoms with Gasteiger partial charge >= 0.3 is 0 Å². The van der Waals surface area contributed by atoms with E-state index in [1.54, 1.807) is 18.0 Å². The van der Waals surface area contributed by atoms with Crippen molar-refractivity contribution in [1.29, 1.82) is 0 Å². The Morgan fingerprint density at radius 1 is 1.10 bits per heavy atom. The van der Waals surface area contributed by atoms with E-state index >= 15 is 0 Å². The summed E-state index contributed by atoms with van der Waals surface area (Å²) < 4.78 is 24.3. The van der Waals surface area contributed by atoms with Crippen LogP contribution in [0.15, 0.2) is 35.3 Å². The van der Waals surface area contributed by atoms with Crippen LogP contribution in [0.25, 0.3) is 0 Å². The molecule has 212 valence electrons. The second-order valence-corrected chi connectivity index (χ2v) is 11.7. The van der Waals surface area contributed by atoms with Crippen LogP contribution in [-0.2, 0) is 14.2 Å². The molecule has 4 atom stereocenters. The molecule has 39 heavy (non-hydrogen) atoms. The van der Waals surface area contributed by atoms with E-state index in [-0.39, 0.29) is 22.7 Å². The van der Waals surface area contributed by atoms with Crippen LogP contribution in [0, 0.1) is 17.8 Å². The van der Waals surface area contributed by atoms with Gasteiger partial charge in [0.25, 0.3) is 5.56 Å². The van der Waals surface area contributed by atoms with Crippen molar-refractivity contribution in [2.75, 3.05) is 63.5 Å². The maximum absolute atomic E-state index is 13.2. The lowest BCUT2D eigenvalue weighted by molar-refractivity contribution is -0.0847. The van der Waals surface area contributed by atoms with Gasteiger partial charge in [-0.1, -0.05) is 11.6 Å². The monoisotopic (exact) mass is 558 g/mol. The van der Waals surface area contributed by atoms with Gasteiger partial charge in [-0.3, -0.25) is 4.79 Å². The summed E-state index contributed by atoms with van der Waals surface area (Å²) in [6.45, 7) is 5.07. The summed E-state index contributed by atoms with van der Waals surface area (Å²) in [6.07, 6.45) is 6.61. The van der Waals surface area contributed by atoms with Crippen molar-refractivity contribution in [2.24, 2.45) is 17.8 Å². The van der Waals surface area contributed by atoms with Gasteiger partial charge in [0.1, 0.15) is 10.8 Å². The summed E-state index contributed by atoms with van der Waals surface area (Å²) >= 11 is 6.56. The summed E-state index contributed by atoms with van der Waals surface area (Å²) in [5, 5.41) is 8.16. The number of rotatable bonds is 9. The summed E-state index contributed by atoms with van der Waals surface area (Å²) in [7, 11) is 1.68.